The van der Waals surface area contributed by atoms with Crippen LogP contribution in [0.2, 0.25) is 10.0 Å². The van der Waals surface area contributed by atoms with Gasteiger partial charge in [0.2, 0.25) is 0 Å². The van der Waals surface area contributed by atoms with E-state index in [4.69, 9.17) is 32.4 Å². The van der Waals surface area contributed by atoms with Crippen molar-refractivity contribution in [3.8, 4) is 5.75 Å². The fourth-order valence-electron chi connectivity index (χ4n) is 2.23. The second-order valence-electron chi connectivity index (χ2n) is 4.60. The Morgan fingerprint density at radius 2 is 1.95 bits per heavy atom. The van der Waals surface area contributed by atoms with Crippen LogP contribution in [0.15, 0.2) is 46.9 Å². The highest BCUT2D eigenvalue weighted by Crippen LogP contribution is 2.35. The highest BCUT2D eigenvalue weighted by atomic mass is 35.5. The van der Waals surface area contributed by atoms with Crippen LogP contribution >= 0.6 is 23.2 Å². The number of halogens is 2. The zero-order chi connectivity index (χ0) is 15.0. The van der Waals surface area contributed by atoms with E-state index in [9.17, 15) is 5.11 Å². The smallest absolute Gasteiger partial charge is 0.176 e. The van der Waals surface area contributed by atoms with Crippen molar-refractivity contribution in [2.24, 2.45) is 0 Å². The van der Waals surface area contributed by atoms with Crippen molar-refractivity contribution in [2.45, 2.75) is 6.10 Å². The molecule has 0 radical (unpaired) electrons. The molecule has 108 valence electrons. The van der Waals surface area contributed by atoms with Crippen LogP contribution < -0.4 is 4.74 Å². The maximum atomic E-state index is 10.5. The van der Waals surface area contributed by atoms with Gasteiger partial charge in [-0.1, -0.05) is 41.4 Å². The summed E-state index contributed by atoms with van der Waals surface area (Å²) in [6.07, 6.45) is -0.966. The summed E-state index contributed by atoms with van der Waals surface area (Å²) in [5.74, 6) is 1.02. The number of ether oxygens (including phenoxy) is 1. The Morgan fingerprint density at radius 3 is 2.67 bits per heavy atom. The molecule has 3 rings (SSSR count). The van der Waals surface area contributed by atoms with Gasteiger partial charge in [0, 0.05) is 21.0 Å². The van der Waals surface area contributed by atoms with Crippen molar-refractivity contribution in [2.75, 3.05) is 7.11 Å². The maximum Gasteiger partial charge on any atom is 0.176 e. The summed E-state index contributed by atoms with van der Waals surface area (Å²) in [6, 6.07) is 12.3. The third-order valence-corrected chi connectivity index (χ3v) is 3.84. The minimum absolute atomic E-state index is 0.391. The Balaban J connectivity index is 2.07. The highest BCUT2D eigenvalue weighted by Gasteiger charge is 2.19. The van der Waals surface area contributed by atoms with Gasteiger partial charge in [0.1, 0.15) is 11.9 Å². The van der Waals surface area contributed by atoms with Crippen molar-refractivity contribution < 1.29 is 14.3 Å². The third kappa shape index (κ3) is 2.60. The Hall–Kier alpha value is -1.68. The lowest BCUT2D eigenvalue weighted by molar-refractivity contribution is 0.192. The van der Waals surface area contributed by atoms with Crippen molar-refractivity contribution in [1.29, 1.82) is 0 Å². The van der Waals surface area contributed by atoms with Gasteiger partial charge in [-0.05, 0) is 24.3 Å². The van der Waals surface area contributed by atoms with Crippen molar-refractivity contribution in [3.05, 3.63) is 63.8 Å². The van der Waals surface area contributed by atoms with Gasteiger partial charge in [0.05, 0.1) is 7.11 Å². The number of para-hydroxylation sites is 1. The highest BCUT2D eigenvalue weighted by molar-refractivity contribution is 6.35. The predicted molar refractivity (Wildman–Crippen MR) is 83.3 cm³/mol. The van der Waals surface area contributed by atoms with Crippen LogP contribution in [0.1, 0.15) is 17.4 Å². The Labute approximate surface area is 131 Å². The molecule has 1 heterocycles. The lowest BCUT2D eigenvalue weighted by Gasteiger charge is -2.10. The normalized spacial score (nSPS) is 12.6. The van der Waals surface area contributed by atoms with E-state index in [0.29, 0.717) is 32.7 Å². The van der Waals surface area contributed by atoms with E-state index >= 15 is 0 Å². The van der Waals surface area contributed by atoms with Crippen molar-refractivity contribution in [3.63, 3.8) is 0 Å². The van der Waals surface area contributed by atoms with E-state index in [0.717, 1.165) is 5.39 Å². The van der Waals surface area contributed by atoms with Gasteiger partial charge in [-0.25, -0.2) is 0 Å². The Bertz CT molecular complexity index is 795. The summed E-state index contributed by atoms with van der Waals surface area (Å²) in [6.45, 7) is 0. The average molecular weight is 323 g/mol. The number of fused-ring (bicyclic) bond motifs is 1. The molecule has 3 nitrogen and oxygen atoms in total. The topological polar surface area (TPSA) is 42.6 Å². The van der Waals surface area contributed by atoms with Gasteiger partial charge >= 0.3 is 0 Å². The SMILES string of the molecule is COc1cccc2cc([C@H](O)c3ccc(Cl)cc3Cl)oc12. The van der Waals surface area contributed by atoms with E-state index in [-0.39, 0.29) is 0 Å². The zero-order valence-corrected chi connectivity index (χ0v) is 12.7. The first kappa shape index (κ1) is 14.3. The van der Waals surface area contributed by atoms with Crippen molar-refractivity contribution >= 4 is 34.2 Å². The molecule has 0 amide bonds. The van der Waals surface area contributed by atoms with Gasteiger partial charge < -0.3 is 14.3 Å². The van der Waals surface area contributed by atoms with E-state index in [1.807, 2.05) is 12.1 Å². The second kappa shape index (κ2) is 5.60. The molecule has 0 aliphatic carbocycles. The molecule has 1 aromatic heterocycles. The first-order chi connectivity index (χ1) is 10.1. The van der Waals surface area contributed by atoms with E-state index in [2.05, 4.69) is 0 Å². The van der Waals surface area contributed by atoms with E-state index < -0.39 is 6.10 Å². The number of hydrogen-bond acceptors (Lipinski definition) is 3. The first-order valence-electron chi connectivity index (χ1n) is 6.29. The first-order valence-corrected chi connectivity index (χ1v) is 7.05. The van der Waals surface area contributed by atoms with Gasteiger partial charge in [-0.15, -0.1) is 0 Å². The molecule has 0 unspecified atom stereocenters. The number of aliphatic hydroxyl groups excluding tert-OH is 1. The molecule has 0 saturated carbocycles. The van der Waals surface area contributed by atoms with Crippen LogP contribution in [0.5, 0.6) is 5.75 Å². The standard InChI is InChI=1S/C16H12Cl2O3/c1-20-13-4-2-3-9-7-14(21-16(9)13)15(19)11-6-5-10(17)8-12(11)18/h2-8,15,19H,1H3/t15-/m1/s1. The fourth-order valence-corrected chi connectivity index (χ4v) is 2.74. The minimum Gasteiger partial charge on any atom is -0.493 e. The molecule has 5 heteroatoms. The summed E-state index contributed by atoms with van der Waals surface area (Å²) < 4.78 is 11.0. The Morgan fingerprint density at radius 1 is 1.14 bits per heavy atom. The predicted octanol–water partition coefficient (Wildman–Crippen LogP) is 4.83. The van der Waals surface area contributed by atoms with E-state index in [1.54, 1.807) is 37.4 Å². The molecular weight excluding hydrogens is 311 g/mol. The number of methoxy groups -OCH3 is 1. The molecule has 1 atom stereocenters. The molecule has 1 N–H and O–H groups in total. The molecule has 0 bridgehead atoms. The largest absolute Gasteiger partial charge is 0.493 e. The molecule has 0 aliphatic heterocycles. The van der Waals surface area contributed by atoms with Crippen molar-refractivity contribution in [1.82, 2.24) is 0 Å². The summed E-state index contributed by atoms with van der Waals surface area (Å²) in [7, 11) is 1.57. The van der Waals surface area contributed by atoms with Crippen LogP contribution in [0, 0.1) is 0 Å². The quantitative estimate of drug-likeness (QED) is 0.751. The van der Waals surface area contributed by atoms with Gasteiger partial charge in [-0.2, -0.15) is 0 Å². The molecule has 0 aliphatic rings. The summed E-state index contributed by atoms with van der Waals surface area (Å²) in [4.78, 5) is 0. The van der Waals surface area contributed by atoms with Crippen LogP contribution in [0.3, 0.4) is 0 Å². The lowest BCUT2D eigenvalue weighted by Crippen LogP contribution is -1.98. The fraction of sp³-hybridized carbons (Fsp3) is 0.125. The summed E-state index contributed by atoms with van der Waals surface area (Å²) >= 11 is 12.0. The number of benzene rings is 2. The van der Waals surface area contributed by atoms with E-state index in [1.165, 1.54) is 0 Å². The summed E-state index contributed by atoms with van der Waals surface area (Å²) in [5.41, 5.74) is 1.14. The summed E-state index contributed by atoms with van der Waals surface area (Å²) in [5, 5.41) is 12.2. The minimum atomic E-state index is -0.966. The molecule has 0 spiro atoms. The average Bonchev–Trinajstić information content (AvgIpc) is 2.90. The number of aliphatic hydroxyl groups is 1. The Kier molecular flexibility index (Phi) is 3.81. The van der Waals surface area contributed by atoms with Crippen LogP contribution in [-0.4, -0.2) is 12.2 Å². The number of furan rings is 1. The molecule has 0 saturated heterocycles. The van der Waals surface area contributed by atoms with Crippen LogP contribution in [-0.2, 0) is 0 Å². The molecule has 2 aromatic carbocycles. The van der Waals surface area contributed by atoms with Crippen LogP contribution in [0.4, 0.5) is 0 Å². The molecule has 3 aromatic rings. The lowest BCUT2D eigenvalue weighted by atomic mass is 10.1. The molecule has 21 heavy (non-hydrogen) atoms. The number of rotatable bonds is 3. The van der Waals surface area contributed by atoms with Gasteiger partial charge in [0.25, 0.3) is 0 Å². The zero-order valence-electron chi connectivity index (χ0n) is 11.1. The maximum absolute atomic E-state index is 10.5. The number of hydrogen-bond donors (Lipinski definition) is 1. The van der Waals surface area contributed by atoms with Crippen LogP contribution in [0.25, 0.3) is 11.0 Å². The third-order valence-electron chi connectivity index (χ3n) is 3.27. The monoisotopic (exact) mass is 322 g/mol. The van der Waals surface area contributed by atoms with Gasteiger partial charge in [-0.3, -0.25) is 0 Å². The van der Waals surface area contributed by atoms with Gasteiger partial charge in [0.15, 0.2) is 11.3 Å². The molecular formula is C16H12Cl2O3. The second-order valence-corrected chi connectivity index (χ2v) is 5.44. The molecule has 0 fully saturated rings.